The minimum Gasteiger partial charge on any atom is -0.490 e. The summed E-state index contributed by atoms with van der Waals surface area (Å²) in [5.41, 5.74) is 1.16. The summed E-state index contributed by atoms with van der Waals surface area (Å²) in [7, 11) is 0. The second-order valence-electron chi connectivity index (χ2n) is 7.57. The van der Waals surface area contributed by atoms with Gasteiger partial charge in [-0.25, -0.2) is 4.68 Å². The third-order valence-corrected chi connectivity index (χ3v) is 5.52. The van der Waals surface area contributed by atoms with Crippen molar-refractivity contribution in [3.63, 3.8) is 0 Å². The standard InChI is InChI=1S/C22H20N6O4/c29-21-19-14-23-27(15-4-2-1-3-5-15)20(19)24-22(25-21)26-12-10-18(11-13-26)32-17-8-6-16(7-9-17)28(30)31/h1-9,14,18H,10-13H2,(H,24,25,29). The van der Waals surface area contributed by atoms with Gasteiger partial charge in [-0.15, -0.1) is 0 Å². The third kappa shape index (κ3) is 3.78. The SMILES string of the molecule is O=c1[nH]c(N2CCC(Oc3ccc([N+](=O)[O-])cc3)CC2)nc2c1cnn2-c1ccccc1. The highest BCUT2D eigenvalue weighted by Crippen LogP contribution is 2.24. The summed E-state index contributed by atoms with van der Waals surface area (Å²) in [6.07, 6.45) is 2.98. The van der Waals surface area contributed by atoms with Crippen LogP contribution in [0.4, 0.5) is 11.6 Å². The van der Waals surface area contributed by atoms with E-state index in [0.29, 0.717) is 35.8 Å². The number of hydrogen-bond donors (Lipinski definition) is 1. The molecule has 0 radical (unpaired) electrons. The quantitative estimate of drug-likeness (QED) is 0.380. The monoisotopic (exact) mass is 432 g/mol. The zero-order valence-corrected chi connectivity index (χ0v) is 17.0. The predicted molar refractivity (Wildman–Crippen MR) is 118 cm³/mol. The minimum atomic E-state index is -0.434. The highest BCUT2D eigenvalue weighted by atomic mass is 16.6. The first-order valence-corrected chi connectivity index (χ1v) is 10.3. The molecule has 0 spiro atoms. The van der Waals surface area contributed by atoms with Crippen molar-refractivity contribution in [3.8, 4) is 11.4 Å². The van der Waals surface area contributed by atoms with Crippen LogP contribution in [0.1, 0.15) is 12.8 Å². The van der Waals surface area contributed by atoms with Crippen molar-refractivity contribution >= 4 is 22.7 Å². The molecule has 1 fully saturated rings. The maximum atomic E-state index is 12.6. The number of anilines is 1. The first-order valence-electron chi connectivity index (χ1n) is 10.3. The highest BCUT2D eigenvalue weighted by molar-refractivity contribution is 5.76. The molecule has 32 heavy (non-hydrogen) atoms. The van der Waals surface area contributed by atoms with E-state index in [1.165, 1.54) is 18.3 Å². The molecule has 162 valence electrons. The highest BCUT2D eigenvalue weighted by Gasteiger charge is 2.23. The van der Waals surface area contributed by atoms with Crippen LogP contribution in [0.3, 0.4) is 0 Å². The van der Waals surface area contributed by atoms with Crippen molar-refractivity contribution in [2.75, 3.05) is 18.0 Å². The average molecular weight is 432 g/mol. The molecule has 0 unspecified atom stereocenters. The van der Waals surface area contributed by atoms with Gasteiger partial charge in [0.2, 0.25) is 5.95 Å². The fourth-order valence-electron chi connectivity index (χ4n) is 3.84. The second-order valence-corrected chi connectivity index (χ2v) is 7.57. The molecule has 1 aliphatic heterocycles. The number of fused-ring (bicyclic) bond motifs is 1. The van der Waals surface area contributed by atoms with Gasteiger partial charge < -0.3 is 9.64 Å². The lowest BCUT2D eigenvalue weighted by Gasteiger charge is -2.32. The van der Waals surface area contributed by atoms with Gasteiger partial charge in [0.15, 0.2) is 5.65 Å². The van der Waals surface area contributed by atoms with Crippen molar-refractivity contribution in [1.82, 2.24) is 19.7 Å². The lowest BCUT2D eigenvalue weighted by atomic mass is 10.1. The molecule has 1 N–H and O–H groups in total. The molecule has 0 aliphatic carbocycles. The topological polar surface area (TPSA) is 119 Å². The first kappa shape index (κ1) is 19.7. The van der Waals surface area contributed by atoms with E-state index in [4.69, 9.17) is 9.72 Å². The Balaban J connectivity index is 1.31. The number of aromatic amines is 1. The molecule has 1 aliphatic rings. The summed E-state index contributed by atoms with van der Waals surface area (Å²) in [4.78, 5) is 32.6. The minimum absolute atomic E-state index is 0.0157. The fourth-order valence-corrected chi connectivity index (χ4v) is 3.84. The molecule has 4 aromatic rings. The number of nitrogens with zero attached hydrogens (tertiary/aromatic N) is 5. The molecule has 10 heteroatoms. The number of nitro benzene ring substituents is 1. The Morgan fingerprint density at radius 3 is 2.47 bits per heavy atom. The van der Waals surface area contributed by atoms with Gasteiger partial charge >= 0.3 is 0 Å². The molecular formula is C22H20N6O4. The van der Waals surface area contributed by atoms with E-state index in [1.807, 2.05) is 35.2 Å². The lowest BCUT2D eigenvalue weighted by Crippen LogP contribution is -2.39. The van der Waals surface area contributed by atoms with Crippen LogP contribution in [0.15, 0.2) is 65.6 Å². The predicted octanol–water partition coefficient (Wildman–Crippen LogP) is 3.06. The summed E-state index contributed by atoms with van der Waals surface area (Å²) >= 11 is 0. The summed E-state index contributed by atoms with van der Waals surface area (Å²) < 4.78 is 7.64. The zero-order chi connectivity index (χ0) is 22.1. The molecule has 2 aromatic carbocycles. The number of rotatable bonds is 5. The molecular weight excluding hydrogens is 412 g/mol. The van der Waals surface area contributed by atoms with Gasteiger partial charge in [-0.1, -0.05) is 18.2 Å². The number of ether oxygens (including phenoxy) is 1. The Morgan fingerprint density at radius 2 is 1.78 bits per heavy atom. The number of nitrogens with one attached hydrogen (secondary N) is 1. The van der Waals surface area contributed by atoms with E-state index in [1.54, 1.807) is 16.8 Å². The van der Waals surface area contributed by atoms with Gasteiger partial charge in [-0.05, 0) is 24.3 Å². The van der Waals surface area contributed by atoms with Crippen LogP contribution in [-0.2, 0) is 0 Å². The van der Waals surface area contributed by atoms with Crippen LogP contribution in [0, 0.1) is 10.1 Å². The summed E-state index contributed by atoms with van der Waals surface area (Å²) in [6, 6.07) is 15.7. The number of non-ortho nitro benzene ring substituents is 1. The van der Waals surface area contributed by atoms with Crippen molar-refractivity contribution in [2.45, 2.75) is 18.9 Å². The Bertz CT molecular complexity index is 1310. The van der Waals surface area contributed by atoms with Gasteiger partial charge in [0.05, 0.1) is 16.8 Å². The Morgan fingerprint density at radius 1 is 1.06 bits per heavy atom. The lowest BCUT2D eigenvalue weighted by molar-refractivity contribution is -0.384. The number of H-pyrrole nitrogens is 1. The van der Waals surface area contributed by atoms with Crippen LogP contribution in [0.5, 0.6) is 5.75 Å². The molecule has 5 rings (SSSR count). The number of aromatic nitrogens is 4. The summed E-state index contributed by atoms with van der Waals surface area (Å²) in [5, 5.41) is 15.6. The van der Waals surface area contributed by atoms with E-state index >= 15 is 0 Å². The molecule has 0 atom stereocenters. The van der Waals surface area contributed by atoms with E-state index in [9.17, 15) is 14.9 Å². The Labute approximate surface area is 182 Å². The van der Waals surface area contributed by atoms with E-state index in [-0.39, 0.29) is 17.4 Å². The molecule has 1 saturated heterocycles. The first-order chi connectivity index (χ1) is 15.6. The number of piperidine rings is 1. The zero-order valence-electron chi connectivity index (χ0n) is 17.0. The van der Waals surface area contributed by atoms with Crippen LogP contribution in [0.25, 0.3) is 16.7 Å². The fraction of sp³-hybridized carbons (Fsp3) is 0.227. The number of benzene rings is 2. The van der Waals surface area contributed by atoms with Crippen LogP contribution < -0.4 is 15.2 Å². The van der Waals surface area contributed by atoms with Gasteiger partial charge in [-0.2, -0.15) is 10.1 Å². The summed E-state index contributed by atoms with van der Waals surface area (Å²) in [5.74, 6) is 1.11. The number of nitro groups is 1. The second kappa shape index (κ2) is 8.14. The third-order valence-electron chi connectivity index (χ3n) is 5.52. The van der Waals surface area contributed by atoms with Gasteiger partial charge in [-0.3, -0.25) is 19.9 Å². The van der Waals surface area contributed by atoms with Crippen molar-refractivity contribution in [1.29, 1.82) is 0 Å². The maximum absolute atomic E-state index is 12.6. The normalized spacial score (nSPS) is 14.6. The van der Waals surface area contributed by atoms with E-state index in [2.05, 4.69) is 10.1 Å². The molecule has 0 bridgehead atoms. The van der Waals surface area contributed by atoms with Gasteiger partial charge in [0.1, 0.15) is 17.2 Å². The number of para-hydroxylation sites is 1. The Kier molecular flexibility index (Phi) is 5.02. The van der Waals surface area contributed by atoms with Crippen LogP contribution in [-0.4, -0.2) is 43.9 Å². The molecule has 0 saturated carbocycles. The van der Waals surface area contributed by atoms with E-state index in [0.717, 1.165) is 18.5 Å². The van der Waals surface area contributed by atoms with Gasteiger partial charge in [0, 0.05) is 38.1 Å². The van der Waals surface area contributed by atoms with Crippen molar-refractivity contribution < 1.29 is 9.66 Å². The van der Waals surface area contributed by atoms with Gasteiger partial charge in [0.25, 0.3) is 11.2 Å². The maximum Gasteiger partial charge on any atom is 0.269 e. The summed E-state index contributed by atoms with van der Waals surface area (Å²) in [6.45, 7) is 1.32. The largest absolute Gasteiger partial charge is 0.490 e. The van der Waals surface area contributed by atoms with Crippen LogP contribution in [0.2, 0.25) is 0 Å². The van der Waals surface area contributed by atoms with E-state index < -0.39 is 4.92 Å². The van der Waals surface area contributed by atoms with Crippen molar-refractivity contribution in [2.24, 2.45) is 0 Å². The molecule has 2 aromatic heterocycles. The van der Waals surface area contributed by atoms with Crippen LogP contribution >= 0.6 is 0 Å². The van der Waals surface area contributed by atoms with Crippen molar-refractivity contribution in [3.05, 3.63) is 81.3 Å². The molecule has 0 amide bonds. The average Bonchev–Trinajstić information content (AvgIpc) is 3.25. The smallest absolute Gasteiger partial charge is 0.269 e. The molecule has 10 nitrogen and oxygen atoms in total. The number of hydrogen-bond acceptors (Lipinski definition) is 7. The Hall–Kier alpha value is -4.21. The molecule has 3 heterocycles.